The molecule has 0 unspecified atom stereocenters. The van der Waals surface area contributed by atoms with E-state index in [2.05, 4.69) is 10.6 Å². The molecule has 2 N–H and O–H groups in total. The fraction of sp³-hybridized carbons (Fsp3) is 0.200. The number of hydrogen-bond acceptors (Lipinski definition) is 4. The Labute approximate surface area is 150 Å². The van der Waals surface area contributed by atoms with Gasteiger partial charge < -0.3 is 10.6 Å². The first kappa shape index (κ1) is 19.5. The number of non-ortho nitro benzene ring substituents is 1. The highest BCUT2D eigenvalue weighted by molar-refractivity contribution is 6.33. The predicted molar refractivity (Wildman–Crippen MR) is 97.0 cm³/mol. The lowest BCUT2D eigenvalue weighted by molar-refractivity contribution is -0.384. The minimum Gasteiger partial charge on any atom is -0.383 e. The zero-order valence-electron chi connectivity index (χ0n) is 12.1. The van der Waals surface area contributed by atoms with Crippen molar-refractivity contribution in [2.75, 3.05) is 18.4 Å². The molecule has 0 saturated heterocycles. The summed E-state index contributed by atoms with van der Waals surface area (Å²) in [5.74, 6) is 0. The Balaban J connectivity index is 0.00000264. The van der Waals surface area contributed by atoms with Gasteiger partial charge in [-0.05, 0) is 17.7 Å². The quantitative estimate of drug-likeness (QED) is 0.423. The second-order valence-electron chi connectivity index (χ2n) is 4.62. The van der Waals surface area contributed by atoms with Crippen molar-refractivity contribution in [1.82, 2.24) is 5.32 Å². The maximum Gasteiger partial charge on any atom is 0.271 e. The van der Waals surface area contributed by atoms with E-state index in [-0.39, 0.29) is 18.1 Å². The molecule has 2 aromatic carbocycles. The average molecular weight is 377 g/mol. The van der Waals surface area contributed by atoms with Crippen LogP contribution in [0.5, 0.6) is 0 Å². The summed E-state index contributed by atoms with van der Waals surface area (Å²) >= 11 is 12.1. The number of rotatable bonds is 7. The molecule has 5 nitrogen and oxygen atoms in total. The summed E-state index contributed by atoms with van der Waals surface area (Å²) in [6, 6.07) is 12.0. The number of benzene rings is 2. The van der Waals surface area contributed by atoms with Crippen molar-refractivity contribution in [1.29, 1.82) is 0 Å². The Bertz CT molecular complexity index is 668. The number of nitrogens with zero attached hydrogens (tertiary/aromatic N) is 1. The normalized spacial score (nSPS) is 10.0. The lowest BCUT2D eigenvalue weighted by Gasteiger charge is -2.10. The first-order valence-corrected chi connectivity index (χ1v) is 7.45. The number of anilines is 1. The lowest BCUT2D eigenvalue weighted by Crippen LogP contribution is -2.22. The Morgan fingerprint density at radius 1 is 1.04 bits per heavy atom. The predicted octanol–water partition coefficient (Wildman–Crippen LogP) is 4.53. The van der Waals surface area contributed by atoms with Crippen LogP contribution < -0.4 is 10.6 Å². The summed E-state index contributed by atoms with van der Waals surface area (Å²) in [6.07, 6.45) is 0. The maximum atomic E-state index is 10.6. The summed E-state index contributed by atoms with van der Waals surface area (Å²) in [7, 11) is 0. The number of halogens is 3. The largest absolute Gasteiger partial charge is 0.383 e. The van der Waals surface area contributed by atoms with E-state index in [1.54, 1.807) is 6.07 Å². The second kappa shape index (κ2) is 9.57. The Hall–Kier alpha value is -1.53. The zero-order chi connectivity index (χ0) is 15.9. The first-order valence-electron chi connectivity index (χ1n) is 6.70. The van der Waals surface area contributed by atoms with Gasteiger partial charge in [0.1, 0.15) is 0 Å². The molecule has 0 heterocycles. The van der Waals surface area contributed by atoms with Crippen LogP contribution in [-0.4, -0.2) is 18.0 Å². The van der Waals surface area contributed by atoms with Crippen molar-refractivity contribution in [2.45, 2.75) is 6.54 Å². The van der Waals surface area contributed by atoms with Crippen molar-refractivity contribution in [3.63, 3.8) is 0 Å². The molecular formula is C15H16Cl3N3O2. The Morgan fingerprint density at radius 3 is 2.43 bits per heavy atom. The van der Waals surface area contributed by atoms with E-state index in [1.807, 2.05) is 24.3 Å². The van der Waals surface area contributed by atoms with Gasteiger partial charge in [-0.3, -0.25) is 10.1 Å². The molecule has 2 aromatic rings. The first-order chi connectivity index (χ1) is 10.6. The molecule has 0 atom stereocenters. The third-order valence-corrected chi connectivity index (χ3v) is 3.74. The van der Waals surface area contributed by atoms with Gasteiger partial charge in [0.05, 0.1) is 15.6 Å². The molecule has 0 bridgehead atoms. The SMILES string of the molecule is Cl.O=[N+]([O-])c1ccc(NCCNCc2ccccc2Cl)c(Cl)c1. The van der Waals surface area contributed by atoms with Gasteiger partial charge in [0.2, 0.25) is 0 Å². The van der Waals surface area contributed by atoms with Gasteiger partial charge in [0.25, 0.3) is 5.69 Å². The van der Waals surface area contributed by atoms with Gasteiger partial charge in [0.15, 0.2) is 0 Å². The summed E-state index contributed by atoms with van der Waals surface area (Å²) in [5.41, 5.74) is 1.69. The van der Waals surface area contributed by atoms with E-state index in [0.29, 0.717) is 30.3 Å². The van der Waals surface area contributed by atoms with Gasteiger partial charge in [-0.25, -0.2) is 0 Å². The fourth-order valence-corrected chi connectivity index (χ4v) is 2.36. The van der Waals surface area contributed by atoms with E-state index < -0.39 is 4.92 Å². The highest BCUT2D eigenvalue weighted by Crippen LogP contribution is 2.26. The average Bonchev–Trinajstić information content (AvgIpc) is 2.50. The van der Waals surface area contributed by atoms with Crippen molar-refractivity contribution in [3.8, 4) is 0 Å². The van der Waals surface area contributed by atoms with E-state index in [9.17, 15) is 10.1 Å². The third kappa shape index (κ3) is 5.88. The Kier molecular flexibility index (Phi) is 8.12. The number of nitro benzene ring substituents is 1. The van der Waals surface area contributed by atoms with E-state index in [0.717, 1.165) is 10.6 Å². The topological polar surface area (TPSA) is 67.2 Å². The molecule has 0 saturated carbocycles. The van der Waals surface area contributed by atoms with Gasteiger partial charge in [-0.2, -0.15) is 0 Å². The lowest BCUT2D eigenvalue weighted by atomic mass is 10.2. The molecule has 0 spiro atoms. The van der Waals surface area contributed by atoms with Gasteiger partial charge >= 0.3 is 0 Å². The molecule has 0 aliphatic carbocycles. The highest BCUT2D eigenvalue weighted by Gasteiger charge is 2.08. The standard InChI is InChI=1S/C15H15Cl2N3O2.ClH/c16-13-4-2-1-3-11(13)10-18-7-8-19-15-6-5-12(20(21)22)9-14(15)17;/h1-6,9,18-19H,7-8,10H2;1H. The molecule has 0 aromatic heterocycles. The van der Waals surface area contributed by atoms with E-state index in [4.69, 9.17) is 23.2 Å². The number of nitro groups is 1. The van der Waals surface area contributed by atoms with Crippen molar-refractivity contribution in [3.05, 3.63) is 68.2 Å². The van der Waals surface area contributed by atoms with Gasteiger partial charge in [0, 0.05) is 36.8 Å². The van der Waals surface area contributed by atoms with Crippen molar-refractivity contribution < 1.29 is 4.92 Å². The summed E-state index contributed by atoms with van der Waals surface area (Å²) in [4.78, 5) is 10.2. The maximum absolute atomic E-state index is 10.6. The van der Waals surface area contributed by atoms with Crippen molar-refractivity contribution in [2.24, 2.45) is 0 Å². The monoisotopic (exact) mass is 375 g/mol. The molecule has 23 heavy (non-hydrogen) atoms. The minimum absolute atomic E-state index is 0. The van der Waals surface area contributed by atoms with Crippen LogP contribution in [-0.2, 0) is 6.54 Å². The fourth-order valence-electron chi connectivity index (χ4n) is 1.91. The molecule has 0 radical (unpaired) electrons. The van der Waals surface area contributed by atoms with Crippen LogP contribution in [0.3, 0.4) is 0 Å². The van der Waals surface area contributed by atoms with Crippen LogP contribution in [0.2, 0.25) is 10.0 Å². The summed E-state index contributed by atoms with van der Waals surface area (Å²) in [6.45, 7) is 2.02. The molecule has 0 aliphatic rings. The second-order valence-corrected chi connectivity index (χ2v) is 5.43. The Morgan fingerprint density at radius 2 is 1.78 bits per heavy atom. The number of hydrogen-bond donors (Lipinski definition) is 2. The van der Waals surface area contributed by atoms with Crippen LogP contribution in [0.25, 0.3) is 0 Å². The molecular weight excluding hydrogens is 361 g/mol. The summed E-state index contributed by atoms with van der Waals surface area (Å²) in [5, 5.41) is 18.1. The van der Waals surface area contributed by atoms with Crippen LogP contribution in [0.1, 0.15) is 5.56 Å². The molecule has 2 rings (SSSR count). The molecule has 0 fully saturated rings. The molecule has 0 aliphatic heterocycles. The third-order valence-electron chi connectivity index (χ3n) is 3.05. The smallest absolute Gasteiger partial charge is 0.271 e. The summed E-state index contributed by atoms with van der Waals surface area (Å²) < 4.78 is 0. The number of nitrogens with one attached hydrogen (secondary N) is 2. The van der Waals surface area contributed by atoms with E-state index in [1.165, 1.54) is 12.1 Å². The molecule has 124 valence electrons. The highest BCUT2D eigenvalue weighted by atomic mass is 35.5. The molecule has 0 amide bonds. The van der Waals surface area contributed by atoms with Crippen LogP contribution in [0.15, 0.2) is 42.5 Å². The van der Waals surface area contributed by atoms with Crippen LogP contribution in [0.4, 0.5) is 11.4 Å². The zero-order valence-corrected chi connectivity index (χ0v) is 14.4. The van der Waals surface area contributed by atoms with Gasteiger partial charge in [-0.1, -0.05) is 41.4 Å². The molecule has 8 heteroatoms. The minimum atomic E-state index is -0.471. The van der Waals surface area contributed by atoms with Crippen molar-refractivity contribution >= 4 is 47.0 Å². The van der Waals surface area contributed by atoms with Crippen LogP contribution >= 0.6 is 35.6 Å². The van der Waals surface area contributed by atoms with Gasteiger partial charge in [-0.15, -0.1) is 12.4 Å². The van der Waals surface area contributed by atoms with Crippen LogP contribution in [0, 0.1) is 10.1 Å². The van der Waals surface area contributed by atoms with E-state index >= 15 is 0 Å².